The largest absolute Gasteiger partial charge is 0.361 e. The number of nitrogens with one attached hydrogen (secondary N) is 1. The number of hydrogen-bond acceptors (Lipinski definition) is 3. The Bertz CT molecular complexity index is 596. The molecule has 0 unspecified atom stereocenters. The van der Waals surface area contributed by atoms with Gasteiger partial charge < -0.3 is 9.84 Å². The quantitative estimate of drug-likeness (QED) is 0.942. The maximum atomic E-state index is 11.8. The average molecular weight is 299 g/mol. The highest BCUT2D eigenvalue weighted by molar-refractivity contribution is 6.42. The van der Waals surface area contributed by atoms with Crippen molar-refractivity contribution >= 4 is 29.1 Å². The number of benzene rings is 1. The Kier molecular flexibility index (Phi) is 4.45. The van der Waals surface area contributed by atoms with Crippen LogP contribution in [-0.4, -0.2) is 17.6 Å². The Labute approximate surface area is 120 Å². The second-order valence-corrected chi connectivity index (χ2v) is 4.88. The van der Waals surface area contributed by atoms with Gasteiger partial charge in [0.05, 0.1) is 15.7 Å². The number of aryl methyl sites for hydroxylation is 1. The maximum Gasteiger partial charge on any atom is 0.251 e. The van der Waals surface area contributed by atoms with E-state index in [9.17, 15) is 4.79 Å². The molecule has 6 heteroatoms. The van der Waals surface area contributed by atoms with Crippen molar-refractivity contribution in [3.8, 4) is 0 Å². The van der Waals surface area contributed by atoms with E-state index < -0.39 is 0 Å². The summed E-state index contributed by atoms with van der Waals surface area (Å²) in [6, 6.07) is 6.61. The fourth-order valence-electron chi connectivity index (χ4n) is 1.58. The number of aromatic nitrogens is 1. The van der Waals surface area contributed by atoms with Crippen LogP contribution >= 0.6 is 23.2 Å². The summed E-state index contributed by atoms with van der Waals surface area (Å²) in [4.78, 5) is 11.8. The lowest BCUT2D eigenvalue weighted by Crippen LogP contribution is -2.25. The van der Waals surface area contributed by atoms with Gasteiger partial charge in [0, 0.05) is 24.6 Å². The number of rotatable bonds is 4. The van der Waals surface area contributed by atoms with Gasteiger partial charge in [0.2, 0.25) is 0 Å². The molecule has 4 nitrogen and oxygen atoms in total. The van der Waals surface area contributed by atoms with Gasteiger partial charge in [-0.25, -0.2) is 0 Å². The molecule has 1 aromatic heterocycles. The number of hydrogen-bond donors (Lipinski definition) is 1. The highest BCUT2D eigenvalue weighted by atomic mass is 35.5. The molecule has 0 saturated carbocycles. The van der Waals surface area contributed by atoms with Crippen molar-refractivity contribution in [1.82, 2.24) is 10.5 Å². The molecule has 0 radical (unpaired) electrons. The first-order chi connectivity index (χ1) is 9.06. The van der Waals surface area contributed by atoms with Crippen LogP contribution in [0.1, 0.15) is 21.8 Å². The molecular weight excluding hydrogens is 287 g/mol. The monoisotopic (exact) mass is 298 g/mol. The molecule has 100 valence electrons. The van der Waals surface area contributed by atoms with Crippen LogP contribution in [0.15, 0.2) is 28.8 Å². The maximum absolute atomic E-state index is 11.8. The van der Waals surface area contributed by atoms with Crippen molar-refractivity contribution in [2.75, 3.05) is 6.54 Å². The molecule has 0 atom stereocenters. The van der Waals surface area contributed by atoms with E-state index >= 15 is 0 Å². The van der Waals surface area contributed by atoms with Crippen LogP contribution < -0.4 is 5.32 Å². The number of carbonyl (C=O) groups excluding carboxylic acids is 1. The second kappa shape index (κ2) is 6.08. The minimum Gasteiger partial charge on any atom is -0.361 e. The molecule has 0 bridgehead atoms. The lowest BCUT2D eigenvalue weighted by Gasteiger charge is -2.04. The van der Waals surface area contributed by atoms with Crippen molar-refractivity contribution in [2.45, 2.75) is 13.3 Å². The van der Waals surface area contributed by atoms with Crippen LogP contribution in [0.4, 0.5) is 0 Å². The highest BCUT2D eigenvalue weighted by Crippen LogP contribution is 2.22. The van der Waals surface area contributed by atoms with Gasteiger partial charge in [-0.2, -0.15) is 0 Å². The van der Waals surface area contributed by atoms with E-state index in [1.807, 2.05) is 13.0 Å². The molecule has 0 fully saturated rings. The van der Waals surface area contributed by atoms with E-state index in [0.717, 1.165) is 11.5 Å². The molecule has 1 heterocycles. The Hall–Kier alpha value is -1.52. The smallest absolute Gasteiger partial charge is 0.251 e. The Morgan fingerprint density at radius 1 is 1.32 bits per heavy atom. The van der Waals surface area contributed by atoms with E-state index in [2.05, 4.69) is 10.5 Å². The molecule has 2 aromatic rings. The van der Waals surface area contributed by atoms with Crippen LogP contribution in [0.5, 0.6) is 0 Å². The van der Waals surface area contributed by atoms with Crippen molar-refractivity contribution in [1.29, 1.82) is 0 Å². The van der Waals surface area contributed by atoms with Crippen LogP contribution in [0.25, 0.3) is 0 Å². The molecule has 19 heavy (non-hydrogen) atoms. The van der Waals surface area contributed by atoms with E-state index in [1.54, 1.807) is 18.2 Å². The zero-order chi connectivity index (χ0) is 13.8. The van der Waals surface area contributed by atoms with Crippen molar-refractivity contribution in [3.63, 3.8) is 0 Å². The number of carbonyl (C=O) groups is 1. The lowest BCUT2D eigenvalue weighted by molar-refractivity contribution is 0.0954. The SMILES string of the molecule is Cc1cc(CCNC(=O)c2ccc(Cl)c(Cl)c2)no1. The lowest BCUT2D eigenvalue weighted by atomic mass is 10.2. The Balaban J connectivity index is 1.89. The van der Waals surface area contributed by atoms with Gasteiger partial charge in [0.15, 0.2) is 0 Å². The summed E-state index contributed by atoms with van der Waals surface area (Å²) in [5, 5.41) is 7.42. The molecule has 1 aromatic carbocycles. The first-order valence-electron chi connectivity index (χ1n) is 5.71. The first-order valence-corrected chi connectivity index (χ1v) is 6.47. The van der Waals surface area contributed by atoms with E-state index in [1.165, 1.54) is 0 Å². The third-order valence-corrected chi connectivity index (χ3v) is 3.26. The molecule has 0 aliphatic carbocycles. The van der Waals surface area contributed by atoms with Gasteiger partial charge in [-0.1, -0.05) is 28.4 Å². The third-order valence-electron chi connectivity index (χ3n) is 2.53. The van der Waals surface area contributed by atoms with Crippen LogP contribution in [0.2, 0.25) is 10.0 Å². The Morgan fingerprint density at radius 3 is 2.74 bits per heavy atom. The summed E-state index contributed by atoms with van der Waals surface area (Å²) in [6.07, 6.45) is 0.615. The molecule has 1 N–H and O–H groups in total. The molecule has 0 aliphatic rings. The second-order valence-electron chi connectivity index (χ2n) is 4.06. The standard InChI is InChI=1S/C13H12Cl2N2O2/c1-8-6-10(17-19-8)4-5-16-13(18)9-2-3-11(14)12(15)7-9/h2-3,6-7H,4-5H2,1H3,(H,16,18). The first kappa shape index (κ1) is 13.9. The zero-order valence-electron chi connectivity index (χ0n) is 10.2. The van der Waals surface area contributed by atoms with Gasteiger partial charge in [0.25, 0.3) is 5.91 Å². The molecule has 0 saturated heterocycles. The summed E-state index contributed by atoms with van der Waals surface area (Å²) in [6.45, 7) is 2.30. The minimum atomic E-state index is -0.196. The number of halogens is 2. The fourth-order valence-corrected chi connectivity index (χ4v) is 1.88. The minimum absolute atomic E-state index is 0.196. The van der Waals surface area contributed by atoms with Crippen molar-refractivity contribution in [2.24, 2.45) is 0 Å². The van der Waals surface area contributed by atoms with Gasteiger partial charge in [-0.3, -0.25) is 4.79 Å². The van der Waals surface area contributed by atoms with Gasteiger partial charge in [0.1, 0.15) is 5.76 Å². The van der Waals surface area contributed by atoms with Gasteiger partial charge in [-0.15, -0.1) is 0 Å². The van der Waals surface area contributed by atoms with Crippen LogP contribution in [-0.2, 0) is 6.42 Å². The van der Waals surface area contributed by atoms with Crippen molar-refractivity contribution in [3.05, 3.63) is 51.3 Å². The van der Waals surface area contributed by atoms with E-state index in [4.69, 9.17) is 27.7 Å². The molecule has 0 spiro atoms. The predicted octanol–water partition coefficient (Wildman–Crippen LogP) is 3.26. The topological polar surface area (TPSA) is 55.1 Å². The normalized spacial score (nSPS) is 10.5. The zero-order valence-corrected chi connectivity index (χ0v) is 11.8. The summed E-state index contributed by atoms with van der Waals surface area (Å²) in [5.41, 5.74) is 1.29. The summed E-state index contributed by atoms with van der Waals surface area (Å²) < 4.78 is 4.94. The molecule has 1 amide bonds. The average Bonchev–Trinajstić information content (AvgIpc) is 2.78. The number of amides is 1. The fraction of sp³-hybridized carbons (Fsp3) is 0.231. The Morgan fingerprint density at radius 2 is 2.11 bits per heavy atom. The summed E-state index contributed by atoms with van der Waals surface area (Å²) in [5.74, 6) is 0.560. The summed E-state index contributed by atoms with van der Waals surface area (Å²) in [7, 11) is 0. The van der Waals surface area contributed by atoms with Crippen LogP contribution in [0, 0.1) is 6.92 Å². The molecule has 2 rings (SSSR count). The highest BCUT2D eigenvalue weighted by Gasteiger charge is 2.08. The summed E-state index contributed by atoms with van der Waals surface area (Å²) >= 11 is 11.6. The predicted molar refractivity (Wildman–Crippen MR) is 73.7 cm³/mol. The van der Waals surface area contributed by atoms with Gasteiger partial charge >= 0.3 is 0 Å². The molecular formula is C13H12Cl2N2O2. The third kappa shape index (κ3) is 3.72. The molecule has 0 aliphatic heterocycles. The van der Waals surface area contributed by atoms with E-state index in [-0.39, 0.29) is 5.91 Å². The van der Waals surface area contributed by atoms with Crippen molar-refractivity contribution < 1.29 is 9.32 Å². The van der Waals surface area contributed by atoms with E-state index in [0.29, 0.717) is 28.6 Å². The number of nitrogens with zero attached hydrogens (tertiary/aromatic N) is 1. The van der Waals surface area contributed by atoms with Crippen LogP contribution in [0.3, 0.4) is 0 Å². The van der Waals surface area contributed by atoms with Gasteiger partial charge in [-0.05, 0) is 25.1 Å².